The van der Waals surface area contributed by atoms with E-state index in [9.17, 15) is 0 Å². The monoisotopic (exact) mass is 224 g/mol. The molecule has 90 valence electrons. The number of nitrogens with two attached hydrogens (primary N) is 1. The van der Waals surface area contributed by atoms with Crippen LogP contribution < -0.4 is 5.73 Å². The maximum absolute atomic E-state index is 6.08. The highest BCUT2D eigenvalue weighted by Gasteiger charge is 2.23. The molecule has 4 nitrogen and oxygen atoms in total. The van der Waals surface area contributed by atoms with Crippen LogP contribution in [-0.4, -0.2) is 37.7 Å². The Kier molecular flexibility index (Phi) is 3.98. The molecule has 2 unspecified atom stereocenters. The first-order valence-corrected chi connectivity index (χ1v) is 5.78. The van der Waals surface area contributed by atoms with Crippen molar-refractivity contribution in [3.63, 3.8) is 0 Å². The number of rotatable bonds is 4. The molecule has 1 aliphatic rings. The van der Waals surface area contributed by atoms with Crippen molar-refractivity contribution in [2.24, 2.45) is 11.7 Å². The van der Waals surface area contributed by atoms with Crippen molar-refractivity contribution in [2.45, 2.75) is 19.0 Å². The normalized spacial score (nSPS) is 26.2. The summed E-state index contributed by atoms with van der Waals surface area (Å²) in [5, 5.41) is 0. The third-order valence-corrected chi connectivity index (χ3v) is 3.11. The van der Waals surface area contributed by atoms with Gasteiger partial charge in [-0.25, -0.2) is 0 Å². The standard InChI is InChI=1S/C12H20N2O2/c1-14(6-10-2-4-15-8-10)7-11-9-16-5-3-12(11)13/h2,4,8,11-12H,3,5-7,9,13H2,1H3. The smallest absolute Gasteiger partial charge is 0.0947 e. The molecule has 2 N–H and O–H groups in total. The van der Waals surface area contributed by atoms with Gasteiger partial charge < -0.3 is 19.8 Å². The molecule has 1 aromatic rings. The Morgan fingerprint density at radius 2 is 2.44 bits per heavy atom. The molecular formula is C12H20N2O2. The molecule has 1 fully saturated rings. The van der Waals surface area contributed by atoms with Crippen LogP contribution in [0.1, 0.15) is 12.0 Å². The van der Waals surface area contributed by atoms with Gasteiger partial charge in [-0.15, -0.1) is 0 Å². The van der Waals surface area contributed by atoms with Gasteiger partial charge in [0.15, 0.2) is 0 Å². The van der Waals surface area contributed by atoms with Crippen molar-refractivity contribution < 1.29 is 9.15 Å². The lowest BCUT2D eigenvalue weighted by Crippen LogP contribution is -2.44. The average molecular weight is 224 g/mol. The first-order chi connectivity index (χ1) is 7.75. The zero-order valence-electron chi connectivity index (χ0n) is 9.76. The van der Waals surface area contributed by atoms with E-state index in [2.05, 4.69) is 11.9 Å². The van der Waals surface area contributed by atoms with Crippen LogP contribution in [0.3, 0.4) is 0 Å². The molecule has 0 spiro atoms. The zero-order valence-corrected chi connectivity index (χ0v) is 9.76. The van der Waals surface area contributed by atoms with E-state index in [-0.39, 0.29) is 6.04 Å². The van der Waals surface area contributed by atoms with Crippen LogP contribution >= 0.6 is 0 Å². The Morgan fingerprint density at radius 3 is 3.12 bits per heavy atom. The Labute approximate surface area is 96.4 Å². The molecule has 0 amide bonds. The predicted molar refractivity (Wildman–Crippen MR) is 61.9 cm³/mol. The molecule has 2 atom stereocenters. The van der Waals surface area contributed by atoms with E-state index in [0.717, 1.165) is 32.7 Å². The summed E-state index contributed by atoms with van der Waals surface area (Å²) < 4.78 is 10.5. The topological polar surface area (TPSA) is 51.6 Å². The maximum Gasteiger partial charge on any atom is 0.0947 e. The number of ether oxygens (including phenoxy) is 1. The van der Waals surface area contributed by atoms with Crippen LogP contribution in [0.4, 0.5) is 0 Å². The predicted octanol–water partition coefficient (Wildman–Crippen LogP) is 1.08. The second-order valence-corrected chi connectivity index (χ2v) is 4.62. The van der Waals surface area contributed by atoms with Gasteiger partial charge in [0.05, 0.1) is 19.1 Å². The summed E-state index contributed by atoms with van der Waals surface area (Å²) in [6, 6.07) is 2.27. The van der Waals surface area contributed by atoms with Gasteiger partial charge in [0.25, 0.3) is 0 Å². The highest BCUT2D eigenvalue weighted by Crippen LogP contribution is 2.15. The van der Waals surface area contributed by atoms with E-state index < -0.39 is 0 Å². The molecule has 0 aliphatic carbocycles. The number of nitrogens with zero attached hydrogens (tertiary/aromatic N) is 1. The van der Waals surface area contributed by atoms with Crippen LogP contribution in [0.2, 0.25) is 0 Å². The fraction of sp³-hybridized carbons (Fsp3) is 0.667. The molecule has 0 radical (unpaired) electrons. The Bertz CT molecular complexity index is 300. The molecule has 0 saturated carbocycles. The van der Waals surface area contributed by atoms with Gasteiger partial charge in [-0.05, 0) is 19.5 Å². The van der Waals surface area contributed by atoms with Crippen LogP contribution in [0, 0.1) is 5.92 Å². The highest BCUT2D eigenvalue weighted by molar-refractivity contribution is 5.04. The Morgan fingerprint density at radius 1 is 1.56 bits per heavy atom. The number of hydrogen-bond acceptors (Lipinski definition) is 4. The van der Waals surface area contributed by atoms with Gasteiger partial charge in [0.1, 0.15) is 0 Å². The summed E-state index contributed by atoms with van der Waals surface area (Å²) in [5.41, 5.74) is 7.28. The summed E-state index contributed by atoms with van der Waals surface area (Å²) in [5.74, 6) is 0.450. The third-order valence-electron chi connectivity index (χ3n) is 3.11. The van der Waals surface area contributed by atoms with Gasteiger partial charge in [0.2, 0.25) is 0 Å². The van der Waals surface area contributed by atoms with Gasteiger partial charge >= 0.3 is 0 Å². The van der Waals surface area contributed by atoms with Crippen molar-refractivity contribution in [3.8, 4) is 0 Å². The summed E-state index contributed by atoms with van der Waals surface area (Å²) >= 11 is 0. The SMILES string of the molecule is CN(Cc1ccoc1)CC1COCCC1N. The minimum Gasteiger partial charge on any atom is -0.472 e. The first kappa shape index (κ1) is 11.6. The molecule has 2 heterocycles. The Hall–Kier alpha value is -0.840. The molecule has 1 aromatic heterocycles. The van der Waals surface area contributed by atoms with Crippen molar-refractivity contribution >= 4 is 0 Å². The lowest BCUT2D eigenvalue weighted by Gasteiger charge is -2.31. The zero-order chi connectivity index (χ0) is 11.4. The summed E-state index contributed by atoms with van der Waals surface area (Å²) in [6.45, 7) is 3.48. The van der Waals surface area contributed by atoms with E-state index >= 15 is 0 Å². The molecule has 1 aliphatic heterocycles. The van der Waals surface area contributed by atoms with Crippen molar-refractivity contribution in [2.75, 3.05) is 26.8 Å². The lowest BCUT2D eigenvalue weighted by molar-refractivity contribution is 0.0285. The van der Waals surface area contributed by atoms with Crippen LogP contribution in [0.5, 0.6) is 0 Å². The fourth-order valence-corrected chi connectivity index (χ4v) is 2.16. The first-order valence-electron chi connectivity index (χ1n) is 5.78. The molecule has 0 aromatic carbocycles. The summed E-state index contributed by atoms with van der Waals surface area (Å²) in [7, 11) is 2.11. The van der Waals surface area contributed by atoms with Crippen LogP contribution in [0.15, 0.2) is 23.0 Å². The van der Waals surface area contributed by atoms with E-state index in [1.807, 2.05) is 6.07 Å². The second kappa shape index (κ2) is 5.48. The van der Waals surface area contributed by atoms with E-state index in [1.54, 1.807) is 12.5 Å². The molecule has 0 bridgehead atoms. The number of furan rings is 1. The van der Waals surface area contributed by atoms with Gasteiger partial charge in [-0.3, -0.25) is 0 Å². The molecule has 1 saturated heterocycles. The Balaban J connectivity index is 1.79. The summed E-state index contributed by atoms with van der Waals surface area (Å²) in [4.78, 5) is 2.27. The lowest BCUT2D eigenvalue weighted by atomic mass is 9.96. The fourth-order valence-electron chi connectivity index (χ4n) is 2.16. The van der Waals surface area contributed by atoms with E-state index in [0.29, 0.717) is 5.92 Å². The van der Waals surface area contributed by atoms with Crippen molar-refractivity contribution in [3.05, 3.63) is 24.2 Å². The van der Waals surface area contributed by atoms with Gasteiger partial charge in [0, 0.05) is 37.2 Å². The maximum atomic E-state index is 6.08. The minimum absolute atomic E-state index is 0.278. The van der Waals surface area contributed by atoms with E-state index in [1.165, 1.54) is 5.56 Å². The van der Waals surface area contributed by atoms with Gasteiger partial charge in [-0.1, -0.05) is 0 Å². The minimum atomic E-state index is 0.278. The quantitative estimate of drug-likeness (QED) is 0.831. The van der Waals surface area contributed by atoms with Crippen molar-refractivity contribution in [1.29, 1.82) is 0 Å². The van der Waals surface area contributed by atoms with Crippen LogP contribution in [-0.2, 0) is 11.3 Å². The van der Waals surface area contributed by atoms with Crippen LogP contribution in [0.25, 0.3) is 0 Å². The second-order valence-electron chi connectivity index (χ2n) is 4.62. The molecular weight excluding hydrogens is 204 g/mol. The highest BCUT2D eigenvalue weighted by atomic mass is 16.5. The van der Waals surface area contributed by atoms with E-state index in [4.69, 9.17) is 14.9 Å². The average Bonchev–Trinajstić information content (AvgIpc) is 2.74. The van der Waals surface area contributed by atoms with Crippen molar-refractivity contribution in [1.82, 2.24) is 4.90 Å². The molecule has 16 heavy (non-hydrogen) atoms. The summed E-state index contributed by atoms with van der Waals surface area (Å²) in [6.07, 6.45) is 4.47. The molecule has 4 heteroatoms. The van der Waals surface area contributed by atoms with Gasteiger partial charge in [-0.2, -0.15) is 0 Å². The largest absolute Gasteiger partial charge is 0.472 e. The number of hydrogen-bond donors (Lipinski definition) is 1. The third kappa shape index (κ3) is 3.07. The molecule has 2 rings (SSSR count).